The van der Waals surface area contributed by atoms with E-state index in [1.807, 2.05) is 6.92 Å². The maximum Gasteiger partial charge on any atom is 0.314 e. The molecule has 0 radical (unpaired) electrons. The van der Waals surface area contributed by atoms with E-state index in [9.17, 15) is 9.90 Å². The lowest BCUT2D eigenvalue weighted by atomic mass is 9.69. The van der Waals surface area contributed by atoms with Crippen molar-refractivity contribution in [1.29, 1.82) is 0 Å². The van der Waals surface area contributed by atoms with Crippen LogP contribution in [-0.4, -0.2) is 24.3 Å². The molecule has 5 heteroatoms. The Morgan fingerprint density at radius 2 is 2.09 bits per heavy atom. The number of halogens is 1. The fourth-order valence-corrected chi connectivity index (χ4v) is 4.16. The number of fused-ring (bicyclic) bond motifs is 1. The smallest absolute Gasteiger partial charge is 0.314 e. The summed E-state index contributed by atoms with van der Waals surface area (Å²) in [5.74, 6) is 0.466. The third-order valence-corrected chi connectivity index (χ3v) is 5.37. The predicted molar refractivity (Wildman–Crippen MR) is 84.2 cm³/mol. The van der Waals surface area contributed by atoms with Crippen molar-refractivity contribution in [3.63, 3.8) is 0 Å². The van der Waals surface area contributed by atoms with Gasteiger partial charge in [-0.05, 0) is 31.4 Å². The van der Waals surface area contributed by atoms with Crippen LogP contribution in [0.3, 0.4) is 0 Å². The number of ether oxygens (including phenoxy) is 2. The first-order chi connectivity index (χ1) is 10.5. The maximum absolute atomic E-state index is 12.1. The van der Waals surface area contributed by atoms with E-state index in [-0.39, 0.29) is 6.10 Å². The highest BCUT2D eigenvalue weighted by molar-refractivity contribution is 6.33. The van der Waals surface area contributed by atoms with Crippen LogP contribution in [0.4, 0.5) is 0 Å². The van der Waals surface area contributed by atoms with Crippen molar-refractivity contribution in [3.05, 3.63) is 22.2 Å². The van der Waals surface area contributed by atoms with Crippen molar-refractivity contribution in [2.75, 3.05) is 7.11 Å². The first kappa shape index (κ1) is 15.5. The molecule has 1 N–H and O–H groups in total. The number of methoxy groups -OCH3 is 1. The normalized spacial score (nSPS) is 22.8. The first-order valence-electron chi connectivity index (χ1n) is 7.79. The zero-order chi connectivity index (χ0) is 15.9. The Bertz CT molecular complexity index is 605. The van der Waals surface area contributed by atoms with Gasteiger partial charge in [0, 0.05) is 12.0 Å². The van der Waals surface area contributed by atoms with Gasteiger partial charge in [-0.15, -0.1) is 0 Å². The molecular weight excluding hydrogens is 304 g/mol. The molecule has 1 aromatic carbocycles. The third-order valence-electron chi connectivity index (χ3n) is 4.94. The summed E-state index contributed by atoms with van der Waals surface area (Å²) in [5.41, 5.74) is 0.674. The second-order valence-corrected chi connectivity index (χ2v) is 6.71. The first-order valence-corrected chi connectivity index (χ1v) is 8.17. The molecule has 0 amide bonds. The number of carbonyl (C=O) groups is 1. The fourth-order valence-electron chi connectivity index (χ4n) is 3.77. The van der Waals surface area contributed by atoms with Crippen LogP contribution in [0.2, 0.25) is 5.02 Å². The summed E-state index contributed by atoms with van der Waals surface area (Å²) in [7, 11) is 1.58. The monoisotopic (exact) mass is 324 g/mol. The van der Waals surface area contributed by atoms with Gasteiger partial charge in [0.1, 0.15) is 6.10 Å². The Hall–Kier alpha value is -1.42. The van der Waals surface area contributed by atoms with E-state index >= 15 is 0 Å². The minimum absolute atomic E-state index is 0.0313. The van der Waals surface area contributed by atoms with Crippen molar-refractivity contribution in [1.82, 2.24) is 0 Å². The van der Waals surface area contributed by atoms with Gasteiger partial charge in [0.2, 0.25) is 0 Å². The van der Waals surface area contributed by atoms with Crippen molar-refractivity contribution >= 4 is 17.6 Å². The topological polar surface area (TPSA) is 55.8 Å². The molecule has 120 valence electrons. The van der Waals surface area contributed by atoms with E-state index in [1.165, 1.54) is 0 Å². The lowest BCUT2D eigenvalue weighted by Gasteiger charge is -2.35. The van der Waals surface area contributed by atoms with Crippen LogP contribution in [0.15, 0.2) is 6.07 Å². The summed E-state index contributed by atoms with van der Waals surface area (Å²) in [6.45, 7) is 1.98. The number of carboxylic acid groups (broad SMARTS) is 1. The second-order valence-electron chi connectivity index (χ2n) is 6.33. The Morgan fingerprint density at radius 3 is 2.68 bits per heavy atom. The molecular formula is C17H21ClO4. The quantitative estimate of drug-likeness (QED) is 0.914. The molecule has 0 bridgehead atoms. The zero-order valence-electron chi connectivity index (χ0n) is 12.9. The number of hydrogen-bond acceptors (Lipinski definition) is 3. The van der Waals surface area contributed by atoms with Gasteiger partial charge in [0.25, 0.3) is 0 Å². The predicted octanol–water partition coefficient (Wildman–Crippen LogP) is 3.96. The molecule has 1 saturated carbocycles. The van der Waals surface area contributed by atoms with E-state index in [1.54, 1.807) is 13.2 Å². The summed E-state index contributed by atoms with van der Waals surface area (Å²) in [5, 5.41) is 10.4. The Labute approximate surface area is 135 Å². The zero-order valence-corrected chi connectivity index (χ0v) is 13.7. The fraction of sp³-hybridized carbons (Fsp3) is 0.588. The second kappa shape index (κ2) is 5.65. The highest BCUT2D eigenvalue weighted by Crippen LogP contribution is 2.50. The number of benzene rings is 1. The molecule has 1 aromatic rings. The van der Waals surface area contributed by atoms with Crippen LogP contribution < -0.4 is 9.47 Å². The van der Waals surface area contributed by atoms with Gasteiger partial charge in [-0.2, -0.15) is 0 Å². The van der Waals surface area contributed by atoms with E-state index in [0.29, 0.717) is 41.3 Å². The lowest BCUT2D eigenvalue weighted by molar-refractivity contribution is -0.145. The summed E-state index contributed by atoms with van der Waals surface area (Å²) in [6.07, 6.45) is 4.87. The molecule has 0 spiro atoms. The maximum atomic E-state index is 12.1. The summed E-state index contributed by atoms with van der Waals surface area (Å²) in [6, 6.07) is 1.78. The SMILES string of the molecule is COc1cc(C2(C(=O)O)CCCCC2)c(Cl)c2c1OC(C)C2. The Kier molecular flexibility index (Phi) is 3.98. The number of carboxylic acids is 1. The van der Waals surface area contributed by atoms with E-state index < -0.39 is 11.4 Å². The van der Waals surface area contributed by atoms with Gasteiger partial charge < -0.3 is 14.6 Å². The molecule has 1 unspecified atom stereocenters. The van der Waals surface area contributed by atoms with Crippen molar-refractivity contribution in [2.45, 2.75) is 57.0 Å². The molecule has 1 fully saturated rings. The molecule has 4 nitrogen and oxygen atoms in total. The van der Waals surface area contributed by atoms with Crippen LogP contribution >= 0.6 is 11.6 Å². The van der Waals surface area contributed by atoms with E-state index in [2.05, 4.69) is 0 Å². The molecule has 0 aromatic heterocycles. The van der Waals surface area contributed by atoms with Gasteiger partial charge in [-0.3, -0.25) is 4.79 Å². The van der Waals surface area contributed by atoms with Gasteiger partial charge in [0.05, 0.1) is 17.5 Å². The minimum atomic E-state index is -0.899. The average molecular weight is 325 g/mol. The molecule has 1 aliphatic carbocycles. The van der Waals surface area contributed by atoms with Crippen LogP contribution in [0.5, 0.6) is 11.5 Å². The highest BCUT2D eigenvalue weighted by atomic mass is 35.5. The van der Waals surface area contributed by atoms with Crippen LogP contribution in [0, 0.1) is 0 Å². The van der Waals surface area contributed by atoms with Crippen LogP contribution in [0.1, 0.15) is 50.2 Å². The molecule has 1 heterocycles. The average Bonchev–Trinajstić information content (AvgIpc) is 2.90. The Balaban J connectivity index is 2.18. The number of hydrogen-bond donors (Lipinski definition) is 1. The van der Waals surface area contributed by atoms with Crippen molar-refractivity contribution in [3.8, 4) is 11.5 Å². The molecule has 1 aliphatic heterocycles. The molecule has 2 aliphatic rings. The van der Waals surface area contributed by atoms with Gasteiger partial charge in [0.15, 0.2) is 11.5 Å². The van der Waals surface area contributed by atoms with Gasteiger partial charge >= 0.3 is 5.97 Å². The largest absolute Gasteiger partial charge is 0.493 e. The van der Waals surface area contributed by atoms with E-state index in [4.69, 9.17) is 21.1 Å². The van der Waals surface area contributed by atoms with Crippen molar-refractivity contribution < 1.29 is 19.4 Å². The molecule has 22 heavy (non-hydrogen) atoms. The highest BCUT2D eigenvalue weighted by Gasteiger charge is 2.44. The minimum Gasteiger partial charge on any atom is -0.493 e. The van der Waals surface area contributed by atoms with Gasteiger partial charge in [-0.1, -0.05) is 30.9 Å². The summed E-state index contributed by atoms with van der Waals surface area (Å²) < 4.78 is 11.2. The van der Waals surface area contributed by atoms with Crippen LogP contribution in [0.25, 0.3) is 0 Å². The molecule has 1 atom stereocenters. The standard InChI is InChI=1S/C17H21ClO4/c1-10-8-11-14(18)12(9-13(21-2)15(11)22-10)17(16(19)20)6-4-3-5-7-17/h9-10H,3-8H2,1-2H3,(H,19,20). The third kappa shape index (κ3) is 2.24. The molecule has 3 rings (SSSR count). The number of rotatable bonds is 3. The van der Waals surface area contributed by atoms with E-state index in [0.717, 1.165) is 24.8 Å². The van der Waals surface area contributed by atoms with Gasteiger partial charge in [-0.25, -0.2) is 0 Å². The summed E-state index contributed by atoms with van der Waals surface area (Å²) in [4.78, 5) is 12.1. The lowest BCUT2D eigenvalue weighted by Crippen LogP contribution is -2.38. The summed E-state index contributed by atoms with van der Waals surface area (Å²) >= 11 is 6.62. The number of aliphatic carboxylic acids is 1. The molecule has 0 saturated heterocycles. The van der Waals surface area contributed by atoms with Crippen LogP contribution in [-0.2, 0) is 16.6 Å². The van der Waals surface area contributed by atoms with Crippen molar-refractivity contribution in [2.24, 2.45) is 0 Å². The Morgan fingerprint density at radius 1 is 1.41 bits per heavy atom.